The Morgan fingerprint density at radius 2 is 1.62 bits per heavy atom. The number of rotatable bonds is 13. The minimum absolute atomic E-state index is 0.0158. The van der Waals surface area contributed by atoms with Gasteiger partial charge in [0.1, 0.15) is 11.9 Å². The fourth-order valence-corrected chi connectivity index (χ4v) is 4.82. The second-order valence-electron chi connectivity index (χ2n) is 9.82. The van der Waals surface area contributed by atoms with Crippen LogP contribution in [-0.4, -0.2) is 22.0 Å². The second-order valence-corrected chi connectivity index (χ2v) is 9.82. The largest absolute Gasteiger partial charge is 0.459 e. The van der Waals surface area contributed by atoms with Crippen LogP contribution < -0.4 is 0 Å². The number of ether oxygens (including phenoxy) is 1. The van der Waals surface area contributed by atoms with E-state index in [1.165, 1.54) is 63.5 Å². The molecule has 34 heavy (non-hydrogen) atoms. The Kier molecular flexibility index (Phi) is 11.0. The topological polar surface area (TPSA) is 52.1 Å². The molecule has 186 valence electrons. The summed E-state index contributed by atoms with van der Waals surface area (Å²) in [5, 5.41) is 0. The highest BCUT2D eigenvalue weighted by atomic mass is 19.1. The molecule has 0 bridgehead atoms. The zero-order valence-corrected chi connectivity index (χ0v) is 21.0. The Labute approximate surface area is 204 Å². The van der Waals surface area contributed by atoms with Crippen molar-refractivity contribution in [2.75, 3.05) is 0 Å². The molecule has 1 aliphatic carbocycles. The Morgan fingerprint density at radius 3 is 2.26 bits per heavy atom. The van der Waals surface area contributed by atoms with E-state index in [1.807, 2.05) is 12.4 Å². The smallest absolute Gasteiger partial charge is 0.341 e. The molecule has 0 amide bonds. The Morgan fingerprint density at radius 1 is 0.941 bits per heavy atom. The van der Waals surface area contributed by atoms with Gasteiger partial charge in [-0.3, -0.25) is 0 Å². The average molecular weight is 469 g/mol. The molecule has 3 rings (SSSR count). The van der Waals surface area contributed by atoms with Gasteiger partial charge >= 0.3 is 5.97 Å². The number of carbonyl (C=O) groups excluding carboxylic acids is 1. The van der Waals surface area contributed by atoms with Gasteiger partial charge < -0.3 is 4.74 Å². The van der Waals surface area contributed by atoms with Crippen molar-refractivity contribution in [3.8, 4) is 11.4 Å². The first-order chi connectivity index (χ1) is 16.6. The maximum atomic E-state index is 14.8. The fraction of sp³-hybridized carbons (Fsp3) is 0.621. The number of hydrogen-bond acceptors (Lipinski definition) is 4. The molecule has 1 aromatic carbocycles. The van der Waals surface area contributed by atoms with E-state index in [4.69, 9.17) is 4.74 Å². The van der Waals surface area contributed by atoms with E-state index in [2.05, 4.69) is 23.8 Å². The third kappa shape index (κ3) is 8.18. The van der Waals surface area contributed by atoms with Crippen LogP contribution in [0, 0.1) is 11.7 Å². The summed E-state index contributed by atoms with van der Waals surface area (Å²) in [4.78, 5) is 21.4. The summed E-state index contributed by atoms with van der Waals surface area (Å²) in [5.74, 6) is 0.0529. The third-order valence-corrected chi connectivity index (χ3v) is 7.00. The summed E-state index contributed by atoms with van der Waals surface area (Å²) in [6.45, 7) is 4.43. The molecule has 0 aliphatic heterocycles. The maximum Gasteiger partial charge on any atom is 0.341 e. The van der Waals surface area contributed by atoms with Crippen molar-refractivity contribution in [3.05, 3.63) is 47.5 Å². The first-order valence-corrected chi connectivity index (χ1v) is 13.4. The molecule has 5 heteroatoms. The second kappa shape index (κ2) is 14.2. The molecule has 1 aliphatic rings. The monoisotopic (exact) mass is 468 g/mol. The predicted octanol–water partition coefficient (Wildman–Crippen LogP) is 8.09. The number of carbonyl (C=O) groups is 1. The molecule has 2 aromatic rings. The molecule has 0 spiro atoms. The van der Waals surface area contributed by atoms with Crippen molar-refractivity contribution in [2.45, 2.75) is 110 Å². The van der Waals surface area contributed by atoms with Gasteiger partial charge in [0.15, 0.2) is 5.82 Å². The first-order valence-electron chi connectivity index (χ1n) is 13.4. The summed E-state index contributed by atoms with van der Waals surface area (Å²) in [6.07, 6.45) is 19.7. The van der Waals surface area contributed by atoms with Crippen LogP contribution in [0.2, 0.25) is 0 Å². The number of nitrogens with zero attached hydrogens (tertiary/aromatic N) is 2. The number of unbranched alkanes of at least 4 members (excludes halogenated alkanes) is 6. The maximum absolute atomic E-state index is 14.8. The molecule has 1 heterocycles. The number of esters is 1. The molecular weight excluding hydrogens is 427 g/mol. The number of aromatic nitrogens is 2. The standard InChI is InChI=1S/C29H41FN2O2/c1-3-5-7-9-11-22-13-16-25(17-14-22)34-29(33)26-18-15-24(19-27(26)30)28-31-20-23(21-32-28)12-10-8-6-4-2/h15,18-22,25H,3-14,16-17H2,1-2H3/t22-,25-. The summed E-state index contributed by atoms with van der Waals surface area (Å²) in [5.41, 5.74) is 1.64. The minimum Gasteiger partial charge on any atom is -0.459 e. The van der Waals surface area contributed by atoms with E-state index in [0.29, 0.717) is 11.4 Å². The van der Waals surface area contributed by atoms with Crippen LogP contribution in [0.4, 0.5) is 4.39 Å². The summed E-state index contributed by atoms with van der Waals surface area (Å²) >= 11 is 0. The van der Waals surface area contributed by atoms with Crippen LogP contribution in [0.15, 0.2) is 30.6 Å². The van der Waals surface area contributed by atoms with Gasteiger partial charge in [0.25, 0.3) is 0 Å². The molecule has 1 saturated carbocycles. The summed E-state index contributed by atoms with van der Waals surface area (Å²) in [6, 6.07) is 4.53. The molecule has 0 unspecified atom stereocenters. The van der Waals surface area contributed by atoms with E-state index in [9.17, 15) is 9.18 Å². The Balaban J connectivity index is 1.48. The van der Waals surface area contributed by atoms with Crippen LogP contribution in [-0.2, 0) is 11.2 Å². The van der Waals surface area contributed by atoms with Crippen molar-refractivity contribution in [2.24, 2.45) is 5.92 Å². The van der Waals surface area contributed by atoms with Gasteiger partial charge in [0.05, 0.1) is 5.56 Å². The van der Waals surface area contributed by atoms with Gasteiger partial charge in [0.2, 0.25) is 0 Å². The molecular formula is C29H41FN2O2. The lowest BCUT2D eigenvalue weighted by Crippen LogP contribution is -2.25. The van der Waals surface area contributed by atoms with Crippen LogP contribution >= 0.6 is 0 Å². The lowest BCUT2D eigenvalue weighted by atomic mass is 9.84. The molecule has 0 saturated heterocycles. The summed E-state index contributed by atoms with van der Waals surface area (Å²) in [7, 11) is 0. The first kappa shape index (κ1) is 26.3. The van der Waals surface area contributed by atoms with Gasteiger partial charge in [-0.15, -0.1) is 0 Å². The quantitative estimate of drug-likeness (QED) is 0.220. The molecule has 1 aromatic heterocycles. The van der Waals surface area contributed by atoms with Crippen LogP contribution in [0.5, 0.6) is 0 Å². The number of hydrogen-bond donors (Lipinski definition) is 0. The number of benzene rings is 1. The normalized spacial score (nSPS) is 18.1. The number of aryl methyl sites for hydroxylation is 1. The Hall–Kier alpha value is -2.30. The summed E-state index contributed by atoms with van der Waals surface area (Å²) < 4.78 is 20.4. The van der Waals surface area contributed by atoms with E-state index >= 15 is 0 Å². The Bertz CT molecular complexity index is 876. The van der Waals surface area contributed by atoms with Gasteiger partial charge in [-0.25, -0.2) is 19.2 Å². The van der Waals surface area contributed by atoms with Crippen molar-refractivity contribution in [1.29, 1.82) is 0 Å². The average Bonchev–Trinajstić information content (AvgIpc) is 2.86. The molecule has 0 atom stereocenters. The lowest BCUT2D eigenvalue weighted by Gasteiger charge is -2.28. The zero-order chi connectivity index (χ0) is 24.2. The van der Waals surface area contributed by atoms with Crippen LogP contribution in [0.3, 0.4) is 0 Å². The predicted molar refractivity (Wildman–Crippen MR) is 135 cm³/mol. The van der Waals surface area contributed by atoms with Crippen molar-refractivity contribution < 1.29 is 13.9 Å². The van der Waals surface area contributed by atoms with Crippen LogP contribution in [0.25, 0.3) is 11.4 Å². The van der Waals surface area contributed by atoms with Crippen molar-refractivity contribution in [3.63, 3.8) is 0 Å². The number of halogens is 1. The third-order valence-electron chi connectivity index (χ3n) is 7.00. The minimum atomic E-state index is -0.584. The highest BCUT2D eigenvalue weighted by molar-refractivity contribution is 5.90. The molecule has 1 fully saturated rings. The van der Waals surface area contributed by atoms with Gasteiger partial charge in [-0.2, -0.15) is 0 Å². The van der Waals surface area contributed by atoms with Crippen molar-refractivity contribution >= 4 is 5.97 Å². The highest BCUT2D eigenvalue weighted by Gasteiger charge is 2.25. The SMILES string of the molecule is CCCCCCc1cnc(-c2ccc(C(=O)O[C@H]3CC[C@H](CCCCCC)CC3)c(F)c2)nc1. The van der Waals surface area contributed by atoms with Crippen molar-refractivity contribution in [1.82, 2.24) is 9.97 Å². The van der Waals surface area contributed by atoms with E-state index < -0.39 is 11.8 Å². The van der Waals surface area contributed by atoms with E-state index in [0.717, 1.165) is 50.0 Å². The van der Waals surface area contributed by atoms with E-state index in [1.54, 1.807) is 6.07 Å². The van der Waals surface area contributed by atoms with E-state index in [-0.39, 0.29) is 11.7 Å². The van der Waals surface area contributed by atoms with Gasteiger partial charge in [-0.1, -0.05) is 71.3 Å². The highest BCUT2D eigenvalue weighted by Crippen LogP contribution is 2.31. The van der Waals surface area contributed by atoms with Gasteiger partial charge in [-0.05, 0) is 62.1 Å². The zero-order valence-electron chi connectivity index (χ0n) is 21.0. The fourth-order valence-electron chi connectivity index (χ4n) is 4.82. The molecule has 0 radical (unpaired) electrons. The molecule has 4 nitrogen and oxygen atoms in total. The lowest BCUT2D eigenvalue weighted by molar-refractivity contribution is 0.0156. The molecule has 0 N–H and O–H groups in total. The van der Waals surface area contributed by atoms with Crippen LogP contribution in [0.1, 0.15) is 113 Å². The van der Waals surface area contributed by atoms with Gasteiger partial charge in [0, 0.05) is 18.0 Å².